The number of carbonyl (C=O) groups is 1. The van der Waals surface area contributed by atoms with Gasteiger partial charge >= 0.3 is 5.97 Å². The highest BCUT2D eigenvalue weighted by Crippen LogP contribution is 2.04. The fourth-order valence-corrected chi connectivity index (χ4v) is 1.29. The molecule has 2 aromatic heterocycles. The van der Waals surface area contributed by atoms with E-state index in [1.165, 1.54) is 12.4 Å². The minimum atomic E-state index is -1.09. The van der Waals surface area contributed by atoms with Crippen molar-refractivity contribution in [1.29, 1.82) is 0 Å². The minimum Gasteiger partial charge on any atom is -0.476 e. The van der Waals surface area contributed by atoms with Crippen molar-refractivity contribution in [2.24, 2.45) is 7.05 Å². The summed E-state index contributed by atoms with van der Waals surface area (Å²) in [5, 5.41) is 15.7. The molecule has 2 rings (SSSR count). The third-order valence-electron chi connectivity index (χ3n) is 2.24. The van der Waals surface area contributed by atoms with Crippen LogP contribution in [-0.4, -0.2) is 30.8 Å². The van der Waals surface area contributed by atoms with Crippen LogP contribution < -0.4 is 5.32 Å². The summed E-state index contributed by atoms with van der Waals surface area (Å²) < 4.78 is 1.74. The van der Waals surface area contributed by atoms with Crippen LogP contribution >= 0.6 is 0 Å². The topological polar surface area (TPSA) is 92.9 Å². The number of rotatable bonds is 4. The maximum absolute atomic E-state index is 10.6. The van der Waals surface area contributed by atoms with Crippen LogP contribution in [0.1, 0.15) is 16.2 Å². The molecular weight excluding hydrogens is 222 g/mol. The number of nitrogens with zero attached hydrogens (tertiary/aromatic N) is 4. The lowest BCUT2D eigenvalue weighted by Gasteiger charge is -2.05. The SMILES string of the molecule is Cn1nccc1CNc1cnc(C(=O)O)cn1. The largest absolute Gasteiger partial charge is 0.476 e. The minimum absolute atomic E-state index is 0.0731. The van der Waals surface area contributed by atoms with E-state index < -0.39 is 5.97 Å². The van der Waals surface area contributed by atoms with E-state index in [1.807, 2.05) is 13.1 Å². The highest BCUT2D eigenvalue weighted by Gasteiger charge is 2.05. The summed E-state index contributed by atoms with van der Waals surface area (Å²) in [5.41, 5.74) is 0.921. The number of aromatic nitrogens is 4. The average Bonchev–Trinajstić information content (AvgIpc) is 2.73. The number of hydrogen-bond donors (Lipinski definition) is 2. The molecule has 0 amide bonds. The van der Waals surface area contributed by atoms with Gasteiger partial charge in [0.25, 0.3) is 0 Å². The van der Waals surface area contributed by atoms with Gasteiger partial charge in [-0.3, -0.25) is 4.68 Å². The highest BCUT2D eigenvalue weighted by molar-refractivity contribution is 5.84. The van der Waals surface area contributed by atoms with E-state index in [1.54, 1.807) is 10.9 Å². The number of anilines is 1. The van der Waals surface area contributed by atoms with Gasteiger partial charge in [-0.05, 0) is 6.07 Å². The molecule has 7 heteroatoms. The Morgan fingerprint density at radius 3 is 2.82 bits per heavy atom. The molecule has 0 spiro atoms. The quantitative estimate of drug-likeness (QED) is 0.799. The predicted molar refractivity (Wildman–Crippen MR) is 59.5 cm³/mol. The Hall–Kier alpha value is -2.44. The number of carboxylic acid groups (broad SMARTS) is 1. The molecule has 0 fully saturated rings. The van der Waals surface area contributed by atoms with Crippen LogP contribution in [0.5, 0.6) is 0 Å². The second-order valence-corrected chi connectivity index (χ2v) is 3.39. The molecule has 0 aromatic carbocycles. The van der Waals surface area contributed by atoms with E-state index in [9.17, 15) is 4.79 Å². The third kappa shape index (κ3) is 2.57. The lowest BCUT2D eigenvalue weighted by atomic mass is 10.4. The summed E-state index contributed by atoms with van der Waals surface area (Å²) in [4.78, 5) is 18.3. The standard InChI is InChI=1S/C10H11N5O2/c1-15-7(2-3-14-15)4-12-9-6-11-8(5-13-9)10(16)17/h2-3,5-6H,4H2,1H3,(H,12,13)(H,16,17). The number of aromatic carboxylic acids is 1. The van der Waals surface area contributed by atoms with Gasteiger partial charge in [0.05, 0.1) is 24.6 Å². The zero-order valence-electron chi connectivity index (χ0n) is 9.16. The van der Waals surface area contributed by atoms with Crippen molar-refractivity contribution in [2.75, 3.05) is 5.32 Å². The zero-order chi connectivity index (χ0) is 12.3. The fourth-order valence-electron chi connectivity index (χ4n) is 1.29. The van der Waals surface area contributed by atoms with Gasteiger partial charge in [-0.25, -0.2) is 14.8 Å². The lowest BCUT2D eigenvalue weighted by Crippen LogP contribution is -2.08. The molecule has 17 heavy (non-hydrogen) atoms. The highest BCUT2D eigenvalue weighted by atomic mass is 16.4. The van der Waals surface area contributed by atoms with E-state index in [4.69, 9.17) is 5.11 Å². The van der Waals surface area contributed by atoms with Crippen molar-refractivity contribution in [3.8, 4) is 0 Å². The summed E-state index contributed by atoms with van der Waals surface area (Å²) >= 11 is 0. The first kappa shape index (κ1) is 11.1. The Labute approximate surface area is 97.1 Å². The smallest absolute Gasteiger partial charge is 0.356 e. The van der Waals surface area contributed by atoms with Crippen LogP contribution in [-0.2, 0) is 13.6 Å². The van der Waals surface area contributed by atoms with E-state index in [-0.39, 0.29) is 5.69 Å². The van der Waals surface area contributed by atoms with Crippen LogP contribution in [0.25, 0.3) is 0 Å². The Bertz CT molecular complexity index is 520. The molecular formula is C10H11N5O2. The molecule has 0 aliphatic rings. The molecule has 2 heterocycles. The van der Waals surface area contributed by atoms with Gasteiger partial charge in [0, 0.05) is 13.2 Å². The Kier molecular flexibility index (Phi) is 2.99. The van der Waals surface area contributed by atoms with Crippen molar-refractivity contribution < 1.29 is 9.90 Å². The summed E-state index contributed by atoms with van der Waals surface area (Å²) in [6.07, 6.45) is 4.31. The maximum atomic E-state index is 10.6. The summed E-state index contributed by atoms with van der Waals surface area (Å²) in [6.45, 7) is 0.553. The van der Waals surface area contributed by atoms with Crippen LogP contribution in [0.15, 0.2) is 24.7 Å². The van der Waals surface area contributed by atoms with Crippen molar-refractivity contribution in [2.45, 2.75) is 6.54 Å². The monoisotopic (exact) mass is 233 g/mol. The molecule has 2 N–H and O–H groups in total. The van der Waals surface area contributed by atoms with Crippen LogP contribution in [0.2, 0.25) is 0 Å². The second kappa shape index (κ2) is 4.60. The van der Waals surface area contributed by atoms with Gasteiger partial charge in [-0.2, -0.15) is 5.10 Å². The first-order chi connectivity index (χ1) is 8.16. The first-order valence-electron chi connectivity index (χ1n) is 4.93. The molecule has 0 radical (unpaired) electrons. The zero-order valence-corrected chi connectivity index (χ0v) is 9.16. The summed E-state index contributed by atoms with van der Waals surface area (Å²) in [5.74, 6) is -0.563. The van der Waals surface area contributed by atoms with E-state index >= 15 is 0 Å². The number of carboxylic acids is 1. The van der Waals surface area contributed by atoms with Gasteiger partial charge in [0.2, 0.25) is 0 Å². The molecule has 0 bridgehead atoms. The molecule has 0 aliphatic carbocycles. The Morgan fingerprint density at radius 1 is 1.47 bits per heavy atom. The van der Waals surface area contributed by atoms with Crippen molar-refractivity contribution in [1.82, 2.24) is 19.7 Å². The summed E-state index contributed by atoms with van der Waals surface area (Å²) in [6, 6.07) is 1.88. The average molecular weight is 233 g/mol. The molecule has 0 saturated heterocycles. The maximum Gasteiger partial charge on any atom is 0.356 e. The fraction of sp³-hybridized carbons (Fsp3) is 0.200. The molecule has 7 nitrogen and oxygen atoms in total. The van der Waals surface area contributed by atoms with Gasteiger partial charge < -0.3 is 10.4 Å². The van der Waals surface area contributed by atoms with Gasteiger partial charge in [-0.15, -0.1) is 0 Å². The molecule has 0 saturated carbocycles. The Balaban J connectivity index is 2.00. The third-order valence-corrected chi connectivity index (χ3v) is 2.24. The van der Waals surface area contributed by atoms with Crippen molar-refractivity contribution in [3.05, 3.63) is 36.0 Å². The van der Waals surface area contributed by atoms with Gasteiger partial charge in [0.15, 0.2) is 5.69 Å². The van der Waals surface area contributed by atoms with Gasteiger partial charge in [-0.1, -0.05) is 0 Å². The molecule has 0 aliphatic heterocycles. The molecule has 88 valence electrons. The number of nitrogens with one attached hydrogen (secondary N) is 1. The lowest BCUT2D eigenvalue weighted by molar-refractivity contribution is 0.0690. The van der Waals surface area contributed by atoms with Gasteiger partial charge in [0.1, 0.15) is 5.82 Å². The van der Waals surface area contributed by atoms with Crippen LogP contribution in [0, 0.1) is 0 Å². The summed E-state index contributed by atoms with van der Waals surface area (Å²) in [7, 11) is 1.84. The van der Waals surface area contributed by atoms with Crippen molar-refractivity contribution in [3.63, 3.8) is 0 Å². The van der Waals surface area contributed by atoms with Crippen LogP contribution in [0.4, 0.5) is 5.82 Å². The molecule has 0 atom stereocenters. The Morgan fingerprint density at radius 2 is 2.29 bits per heavy atom. The van der Waals surface area contributed by atoms with E-state index in [0.29, 0.717) is 12.4 Å². The van der Waals surface area contributed by atoms with Crippen LogP contribution in [0.3, 0.4) is 0 Å². The van der Waals surface area contributed by atoms with E-state index in [2.05, 4.69) is 20.4 Å². The number of hydrogen-bond acceptors (Lipinski definition) is 5. The molecule has 0 unspecified atom stereocenters. The van der Waals surface area contributed by atoms with Crippen molar-refractivity contribution >= 4 is 11.8 Å². The van der Waals surface area contributed by atoms with E-state index in [0.717, 1.165) is 5.69 Å². The first-order valence-corrected chi connectivity index (χ1v) is 4.93. The second-order valence-electron chi connectivity index (χ2n) is 3.39. The molecule has 2 aromatic rings. The predicted octanol–water partition coefficient (Wildman–Crippen LogP) is 0.520. The normalized spacial score (nSPS) is 10.2. The number of aryl methyl sites for hydroxylation is 1.